The van der Waals surface area contributed by atoms with Crippen molar-refractivity contribution >= 4 is 16.8 Å². The number of aliphatic hydroxyl groups is 1. The summed E-state index contributed by atoms with van der Waals surface area (Å²) in [5, 5.41) is 10.1. The van der Waals surface area contributed by atoms with E-state index < -0.39 is 0 Å². The van der Waals surface area contributed by atoms with Gasteiger partial charge in [0.2, 0.25) is 0 Å². The van der Waals surface area contributed by atoms with Crippen LogP contribution in [0, 0.1) is 6.92 Å². The molecule has 0 spiro atoms. The number of nitrogens with zero attached hydrogens (tertiary/aromatic N) is 1. The maximum Gasteiger partial charge on any atom is 0.257 e. The van der Waals surface area contributed by atoms with Crippen molar-refractivity contribution < 1.29 is 14.6 Å². The molecule has 0 unspecified atom stereocenters. The van der Waals surface area contributed by atoms with Crippen LogP contribution in [0.15, 0.2) is 53.3 Å². The summed E-state index contributed by atoms with van der Waals surface area (Å²) in [6, 6.07) is 14.6. The fourth-order valence-electron chi connectivity index (χ4n) is 3.20. The number of pyridine rings is 1. The number of carbonyl (C=O) groups excluding carboxylic acids is 1. The third kappa shape index (κ3) is 4.23. The second-order valence-corrected chi connectivity index (χ2v) is 6.72. The molecule has 1 aromatic heterocycles. The van der Waals surface area contributed by atoms with Crippen LogP contribution in [-0.4, -0.2) is 41.2 Å². The Kier molecular flexibility index (Phi) is 6.11. The standard InChI is InChI=1S/C22H24N2O4/c1-15-8-9-19-16(12-15)13-17(21(26)23-19)14-24(10-5-11-25)22(27)18-6-3-4-7-20(18)28-2/h3-4,6-9,12-13,25H,5,10-11,14H2,1-2H3,(H,23,26). The molecule has 2 N–H and O–H groups in total. The van der Waals surface area contributed by atoms with Gasteiger partial charge in [-0.25, -0.2) is 0 Å². The summed E-state index contributed by atoms with van der Waals surface area (Å²) in [5.41, 5.74) is 2.55. The Balaban J connectivity index is 1.96. The Hall–Kier alpha value is -3.12. The lowest BCUT2D eigenvalue weighted by atomic mass is 10.1. The van der Waals surface area contributed by atoms with Crippen molar-refractivity contribution in [3.63, 3.8) is 0 Å². The molecule has 0 radical (unpaired) electrons. The maximum atomic E-state index is 13.1. The number of benzene rings is 2. The predicted molar refractivity (Wildman–Crippen MR) is 109 cm³/mol. The number of nitrogens with one attached hydrogen (secondary N) is 1. The Morgan fingerprint density at radius 2 is 1.96 bits per heavy atom. The van der Waals surface area contributed by atoms with Gasteiger partial charge in [0.05, 0.1) is 19.2 Å². The molecule has 0 fully saturated rings. The summed E-state index contributed by atoms with van der Waals surface area (Å²) in [7, 11) is 1.51. The number of fused-ring (bicyclic) bond motifs is 1. The molecule has 1 amide bonds. The minimum absolute atomic E-state index is 0.0387. The van der Waals surface area contributed by atoms with E-state index in [2.05, 4.69) is 4.98 Å². The molecule has 0 bridgehead atoms. The topological polar surface area (TPSA) is 82.6 Å². The molecule has 0 saturated heterocycles. The van der Waals surface area contributed by atoms with E-state index >= 15 is 0 Å². The van der Waals surface area contributed by atoms with Crippen molar-refractivity contribution in [3.8, 4) is 5.75 Å². The molecular weight excluding hydrogens is 356 g/mol. The van der Waals surface area contributed by atoms with Gasteiger partial charge in [0.1, 0.15) is 5.75 Å². The van der Waals surface area contributed by atoms with Crippen LogP contribution in [0.4, 0.5) is 0 Å². The van der Waals surface area contributed by atoms with Gasteiger partial charge in [-0.3, -0.25) is 9.59 Å². The molecular formula is C22H24N2O4. The molecule has 1 heterocycles. The minimum Gasteiger partial charge on any atom is -0.496 e. The lowest BCUT2D eigenvalue weighted by molar-refractivity contribution is 0.0728. The number of aliphatic hydroxyl groups excluding tert-OH is 1. The Bertz CT molecular complexity index is 1040. The Morgan fingerprint density at radius 1 is 1.18 bits per heavy atom. The predicted octanol–water partition coefficient (Wildman–Crippen LogP) is 2.87. The molecule has 3 rings (SSSR count). The van der Waals surface area contributed by atoms with Gasteiger partial charge in [-0.1, -0.05) is 23.8 Å². The number of methoxy groups -OCH3 is 1. The van der Waals surface area contributed by atoms with Gasteiger partial charge in [-0.05, 0) is 49.1 Å². The number of hydrogen-bond donors (Lipinski definition) is 2. The molecule has 0 aliphatic heterocycles. The third-order valence-corrected chi connectivity index (χ3v) is 4.65. The van der Waals surface area contributed by atoms with Gasteiger partial charge in [0, 0.05) is 24.2 Å². The molecule has 6 heteroatoms. The molecule has 3 aromatic rings. The highest BCUT2D eigenvalue weighted by molar-refractivity contribution is 5.97. The van der Waals surface area contributed by atoms with Gasteiger partial charge >= 0.3 is 0 Å². The maximum absolute atomic E-state index is 13.1. The summed E-state index contributed by atoms with van der Waals surface area (Å²) in [4.78, 5) is 30.1. The minimum atomic E-state index is -0.241. The highest BCUT2D eigenvalue weighted by atomic mass is 16.5. The van der Waals surface area contributed by atoms with Crippen molar-refractivity contribution in [2.45, 2.75) is 19.9 Å². The summed E-state index contributed by atoms with van der Waals surface area (Å²) in [6.07, 6.45) is 0.422. The molecule has 6 nitrogen and oxygen atoms in total. The first kappa shape index (κ1) is 19.6. The number of rotatable bonds is 7. The Morgan fingerprint density at radius 3 is 2.71 bits per heavy atom. The van der Waals surface area contributed by atoms with Crippen LogP contribution in [0.25, 0.3) is 10.9 Å². The normalized spacial score (nSPS) is 10.8. The molecule has 28 heavy (non-hydrogen) atoms. The highest BCUT2D eigenvalue weighted by Crippen LogP contribution is 2.21. The van der Waals surface area contributed by atoms with E-state index in [0.717, 1.165) is 16.5 Å². The van der Waals surface area contributed by atoms with Crippen LogP contribution in [0.1, 0.15) is 27.9 Å². The van der Waals surface area contributed by atoms with Crippen molar-refractivity contribution in [2.75, 3.05) is 20.3 Å². The molecule has 2 aromatic carbocycles. The highest BCUT2D eigenvalue weighted by Gasteiger charge is 2.20. The number of aromatic nitrogens is 1. The number of amides is 1. The van der Waals surface area contributed by atoms with E-state index in [0.29, 0.717) is 29.8 Å². The largest absolute Gasteiger partial charge is 0.496 e. The zero-order chi connectivity index (χ0) is 20.1. The first-order valence-electron chi connectivity index (χ1n) is 9.19. The zero-order valence-corrected chi connectivity index (χ0v) is 16.1. The number of carbonyl (C=O) groups is 1. The van der Waals surface area contributed by atoms with Crippen molar-refractivity contribution in [1.82, 2.24) is 9.88 Å². The van der Waals surface area contributed by atoms with Gasteiger partial charge < -0.3 is 19.7 Å². The number of H-pyrrole nitrogens is 1. The monoisotopic (exact) mass is 380 g/mol. The summed E-state index contributed by atoms with van der Waals surface area (Å²) in [5.74, 6) is 0.235. The van der Waals surface area contributed by atoms with Crippen LogP contribution in [0.3, 0.4) is 0 Å². The fraction of sp³-hybridized carbons (Fsp3) is 0.273. The number of ether oxygens (including phenoxy) is 1. The van der Waals surface area contributed by atoms with Gasteiger partial charge in [-0.15, -0.1) is 0 Å². The molecule has 0 aliphatic carbocycles. The Labute approximate surface area is 163 Å². The van der Waals surface area contributed by atoms with Crippen LogP contribution in [-0.2, 0) is 6.54 Å². The summed E-state index contributed by atoms with van der Waals surface area (Å²) >= 11 is 0. The smallest absolute Gasteiger partial charge is 0.257 e. The lowest BCUT2D eigenvalue weighted by Crippen LogP contribution is -2.34. The molecule has 0 saturated carbocycles. The van der Waals surface area contributed by atoms with Gasteiger partial charge in [0.25, 0.3) is 11.5 Å². The van der Waals surface area contributed by atoms with Crippen LogP contribution in [0.5, 0.6) is 5.75 Å². The van der Waals surface area contributed by atoms with Crippen LogP contribution >= 0.6 is 0 Å². The van der Waals surface area contributed by atoms with Gasteiger partial charge in [0.15, 0.2) is 0 Å². The number of hydrogen-bond acceptors (Lipinski definition) is 4. The second kappa shape index (κ2) is 8.71. The van der Waals surface area contributed by atoms with E-state index in [9.17, 15) is 14.7 Å². The van der Waals surface area contributed by atoms with E-state index in [-0.39, 0.29) is 24.6 Å². The zero-order valence-electron chi connectivity index (χ0n) is 16.1. The van der Waals surface area contributed by atoms with E-state index in [4.69, 9.17) is 4.74 Å². The first-order valence-corrected chi connectivity index (χ1v) is 9.19. The quantitative estimate of drug-likeness (QED) is 0.660. The van der Waals surface area contributed by atoms with E-state index in [1.807, 2.05) is 31.2 Å². The lowest BCUT2D eigenvalue weighted by Gasteiger charge is -2.23. The summed E-state index contributed by atoms with van der Waals surface area (Å²) < 4.78 is 5.30. The number of para-hydroxylation sites is 1. The SMILES string of the molecule is COc1ccccc1C(=O)N(CCCO)Cc1cc2cc(C)ccc2[nH]c1=O. The molecule has 146 valence electrons. The van der Waals surface area contributed by atoms with Crippen molar-refractivity contribution in [1.29, 1.82) is 0 Å². The number of aryl methyl sites for hydroxylation is 1. The average molecular weight is 380 g/mol. The van der Waals surface area contributed by atoms with Crippen molar-refractivity contribution in [2.24, 2.45) is 0 Å². The second-order valence-electron chi connectivity index (χ2n) is 6.72. The first-order chi connectivity index (χ1) is 13.5. The third-order valence-electron chi connectivity index (χ3n) is 4.65. The molecule has 0 atom stereocenters. The van der Waals surface area contributed by atoms with Crippen LogP contribution < -0.4 is 10.3 Å². The van der Waals surface area contributed by atoms with E-state index in [1.165, 1.54) is 7.11 Å². The fourth-order valence-corrected chi connectivity index (χ4v) is 3.20. The number of aromatic amines is 1. The van der Waals surface area contributed by atoms with Gasteiger partial charge in [-0.2, -0.15) is 0 Å². The van der Waals surface area contributed by atoms with Crippen LogP contribution in [0.2, 0.25) is 0 Å². The molecule has 0 aliphatic rings. The average Bonchev–Trinajstić information content (AvgIpc) is 2.71. The van der Waals surface area contributed by atoms with E-state index in [1.54, 1.807) is 29.2 Å². The summed E-state index contributed by atoms with van der Waals surface area (Å²) in [6.45, 7) is 2.43. The van der Waals surface area contributed by atoms with Crippen molar-refractivity contribution in [3.05, 3.63) is 75.6 Å².